The molecular weight excluding hydrogens is 176 g/mol. The van der Waals surface area contributed by atoms with E-state index in [-0.39, 0.29) is 17.2 Å². The van der Waals surface area contributed by atoms with Crippen LogP contribution in [0.2, 0.25) is 0 Å². The van der Waals surface area contributed by atoms with Crippen LogP contribution in [0.3, 0.4) is 0 Å². The minimum atomic E-state index is -0.267. The van der Waals surface area contributed by atoms with E-state index in [0.717, 1.165) is 18.5 Å². The lowest BCUT2D eigenvalue weighted by atomic mass is 9.90. The van der Waals surface area contributed by atoms with Gasteiger partial charge in [0.25, 0.3) is 0 Å². The van der Waals surface area contributed by atoms with Gasteiger partial charge in [0.15, 0.2) is 0 Å². The predicted molar refractivity (Wildman–Crippen MR) is 55.6 cm³/mol. The van der Waals surface area contributed by atoms with Crippen LogP contribution in [0, 0.1) is 5.82 Å². The fourth-order valence-electron chi connectivity index (χ4n) is 1.76. The normalized spacial score (nSPS) is 16.3. The summed E-state index contributed by atoms with van der Waals surface area (Å²) in [5.41, 5.74) is 1.80. The maximum Gasteiger partial charge on any atom is 0.122 e. The molecule has 1 nitrogen and oxygen atoms in total. The first-order chi connectivity index (χ1) is 6.61. The smallest absolute Gasteiger partial charge is 0.122 e. The van der Waals surface area contributed by atoms with Gasteiger partial charge >= 0.3 is 0 Å². The Morgan fingerprint density at radius 3 is 2.64 bits per heavy atom. The molecule has 0 N–H and O–H groups in total. The van der Waals surface area contributed by atoms with E-state index in [1.165, 1.54) is 6.20 Å². The molecule has 1 aromatic heterocycles. The first-order valence-electron chi connectivity index (χ1n) is 5.05. The van der Waals surface area contributed by atoms with E-state index in [1.807, 2.05) is 13.8 Å². The Labute approximate surface area is 85.2 Å². The zero-order chi connectivity index (χ0) is 10.3. The zero-order valence-corrected chi connectivity index (χ0v) is 8.55. The van der Waals surface area contributed by atoms with Gasteiger partial charge in [0.05, 0.1) is 0 Å². The van der Waals surface area contributed by atoms with E-state index in [2.05, 4.69) is 4.98 Å². The van der Waals surface area contributed by atoms with E-state index in [4.69, 9.17) is 7.85 Å². The molecule has 0 spiro atoms. The Hall–Kier alpha value is -0.855. The molecule has 0 unspecified atom stereocenters. The van der Waals surface area contributed by atoms with Crippen molar-refractivity contribution in [1.29, 1.82) is 0 Å². The van der Waals surface area contributed by atoms with Crippen LogP contribution in [-0.2, 0) is 0 Å². The highest BCUT2D eigenvalue weighted by molar-refractivity contribution is 6.32. The van der Waals surface area contributed by atoms with Gasteiger partial charge < -0.3 is 0 Å². The van der Waals surface area contributed by atoms with E-state index in [9.17, 15) is 4.39 Å². The van der Waals surface area contributed by atoms with Crippen molar-refractivity contribution in [3.8, 4) is 0 Å². The Balaban J connectivity index is 2.53. The molecule has 0 amide bonds. The third-order valence-electron chi connectivity index (χ3n) is 2.65. The third-order valence-corrected chi connectivity index (χ3v) is 2.65. The van der Waals surface area contributed by atoms with Crippen molar-refractivity contribution in [1.82, 2.24) is 4.98 Å². The lowest BCUT2D eigenvalue weighted by Gasteiger charge is -2.14. The van der Waals surface area contributed by atoms with Gasteiger partial charge in [0.1, 0.15) is 13.7 Å². The number of hydrogen-bond acceptors (Lipinski definition) is 1. The molecule has 0 aliphatic heterocycles. The summed E-state index contributed by atoms with van der Waals surface area (Å²) in [6, 6.07) is 0. The predicted octanol–water partition coefficient (Wildman–Crippen LogP) is 2.02. The van der Waals surface area contributed by atoms with E-state index >= 15 is 0 Å². The largest absolute Gasteiger partial charge is 0.261 e. The van der Waals surface area contributed by atoms with Crippen molar-refractivity contribution in [3.63, 3.8) is 0 Å². The van der Waals surface area contributed by atoms with Crippen LogP contribution in [0.4, 0.5) is 4.39 Å². The number of aromatic nitrogens is 1. The van der Waals surface area contributed by atoms with E-state index in [0.29, 0.717) is 11.5 Å². The monoisotopic (exact) mass is 189 g/mol. The van der Waals surface area contributed by atoms with Crippen molar-refractivity contribution < 1.29 is 4.39 Å². The molecule has 1 aliphatic rings. The van der Waals surface area contributed by atoms with Crippen LogP contribution in [0.15, 0.2) is 6.20 Å². The highest BCUT2D eigenvalue weighted by atomic mass is 19.1. The second-order valence-corrected chi connectivity index (χ2v) is 4.26. The standard InChI is InChI=1S/C11H13BFN/c1-6(2)9-10(13)8(12)5-14-11(9)7-3-4-7/h5-7H,3-4H2,1-2H3. The fourth-order valence-corrected chi connectivity index (χ4v) is 1.76. The summed E-state index contributed by atoms with van der Waals surface area (Å²) >= 11 is 0. The maximum absolute atomic E-state index is 13.7. The second-order valence-electron chi connectivity index (χ2n) is 4.26. The molecule has 2 rings (SSSR count). The summed E-state index contributed by atoms with van der Waals surface area (Å²) in [7, 11) is 5.51. The molecular formula is C11H13BFN. The summed E-state index contributed by atoms with van der Waals surface area (Å²) in [5.74, 6) is 0.362. The van der Waals surface area contributed by atoms with Gasteiger partial charge in [-0.2, -0.15) is 0 Å². The molecule has 14 heavy (non-hydrogen) atoms. The molecule has 2 radical (unpaired) electrons. The summed E-state index contributed by atoms with van der Waals surface area (Å²) < 4.78 is 13.7. The summed E-state index contributed by atoms with van der Waals surface area (Å²) in [5, 5.41) is 0. The molecule has 3 heteroatoms. The minimum absolute atomic E-state index is 0.154. The maximum atomic E-state index is 13.7. The third kappa shape index (κ3) is 1.56. The van der Waals surface area contributed by atoms with Gasteiger partial charge in [0, 0.05) is 23.4 Å². The molecule has 1 heterocycles. The molecule has 0 saturated heterocycles. The van der Waals surface area contributed by atoms with Crippen molar-refractivity contribution in [2.24, 2.45) is 0 Å². The molecule has 0 atom stereocenters. The number of halogens is 1. The van der Waals surface area contributed by atoms with Gasteiger partial charge in [-0.25, -0.2) is 4.39 Å². The molecule has 1 aliphatic carbocycles. The molecule has 0 bridgehead atoms. The van der Waals surface area contributed by atoms with Crippen molar-refractivity contribution in [2.45, 2.75) is 38.5 Å². The van der Waals surface area contributed by atoms with E-state index in [1.54, 1.807) is 0 Å². The van der Waals surface area contributed by atoms with Crippen molar-refractivity contribution >= 4 is 13.3 Å². The zero-order valence-electron chi connectivity index (χ0n) is 8.55. The van der Waals surface area contributed by atoms with Gasteiger partial charge in [-0.05, 0) is 24.2 Å². The number of pyridine rings is 1. The first-order valence-corrected chi connectivity index (χ1v) is 5.05. The molecule has 1 fully saturated rings. The topological polar surface area (TPSA) is 12.9 Å². The lowest BCUT2D eigenvalue weighted by molar-refractivity contribution is 0.596. The van der Waals surface area contributed by atoms with Gasteiger partial charge in [-0.15, -0.1) is 0 Å². The summed E-state index contributed by atoms with van der Waals surface area (Å²) in [6.45, 7) is 3.96. The fraction of sp³-hybridized carbons (Fsp3) is 0.545. The first kappa shape index (κ1) is 9.69. The quantitative estimate of drug-likeness (QED) is 0.648. The number of hydrogen-bond donors (Lipinski definition) is 0. The van der Waals surface area contributed by atoms with Gasteiger partial charge in [-0.1, -0.05) is 13.8 Å². The van der Waals surface area contributed by atoms with Crippen molar-refractivity contribution in [3.05, 3.63) is 23.3 Å². The molecule has 0 aromatic carbocycles. The number of rotatable bonds is 2. The van der Waals surface area contributed by atoms with Crippen molar-refractivity contribution in [2.75, 3.05) is 0 Å². The minimum Gasteiger partial charge on any atom is -0.261 e. The Bertz CT molecular complexity index is 359. The Morgan fingerprint density at radius 1 is 1.50 bits per heavy atom. The average Bonchev–Trinajstić information content (AvgIpc) is 2.91. The van der Waals surface area contributed by atoms with Gasteiger partial charge in [0.2, 0.25) is 0 Å². The Kier molecular flexibility index (Phi) is 2.34. The van der Waals surface area contributed by atoms with Gasteiger partial charge in [-0.3, -0.25) is 4.98 Å². The summed E-state index contributed by atoms with van der Waals surface area (Å²) in [4.78, 5) is 4.26. The van der Waals surface area contributed by atoms with Crippen LogP contribution in [0.1, 0.15) is 49.8 Å². The lowest BCUT2D eigenvalue weighted by Crippen LogP contribution is -2.16. The highest BCUT2D eigenvalue weighted by Gasteiger charge is 2.30. The summed E-state index contributed by atoms with van der Waals surface area (Å²) in [6.07, 6.45) is 3.71. The SMILES string of the molecule is [B]c1cnc(C2CC2)c(C(C)C)c1F. The van der Waals surface area contributed by atoms with Crippen LogP contribution >= 0.6 is 0 Å². The molecule has 1 saturated carbocycles. The van der Waals surface area contributed by atoms with Crippen LogP contribution in [0.5, 0.6) is 0 Å². The van der Waals surface area contributed by atoms with E-state index < -0.39 is 0 Å². The molecule has 72 valence electrons. The highest BCUT2D eigenvalue weighted by Crippen LogP contribution is 2.42. The number of nitrogens with zero attached hydrogens (tertiary/aromatic N) is 1. The van der Waals surface area contributed by atoms with Crippen LogP contribution in [0.25, 0.3) is 0 Å². The van der Waals surface area contributed by atoms with Crippen LogP contribution < -0.4 is 5.46 Å². The molecule has 1 aromatic rings. The average molecular weight is 189 g/mol. The second kappa shape index (κ2) is 3.37. The van der Waals surface area contributed by atoms with Crippen LogP contribution in [-0.4, -0.2) is 12.8 Å². The Morgan fingerprint density at radius 2 is 2.14 bits per heavy atom.